The second-order valence-electron chi connectivity index (χ2n) is 5.95. The van der Waals surface area contributed by atoms with Gasteiger partial charge in [-0.25, -0.2) is 0 Å². The lowest BCUT2D eigenvalue weighted by Crippen LogP contribution is -2.63. The summed E-state index contributed by atoms with van der Waals surface area (Å²) in [6.07, 6.45) is -4.86. The van der Waals surface area contributed by atoms with Gasteiger partial charge in [0.2, 0.25) is 0 Å². The van der Waals surface area contributed by atoms with Crippen LogP contribution in [0.5, 0.6) is 0 Å². The van der Waals surface area contributed by atoms with Crippen molar-refractivity contribution in [3.8, 4) is 0 Å². The Balaban J connectivity index is 2.34. The molecule has 0 saturated carbocycles. The minimum atomic E-state index is -4.86. The van der Waals surface area contributed by atoms with E-state index in [4.69, 9.17) is 10.4 Å². The Morgan fingerprint density at radius 1 is 1.00 bits per heavy atom. The Bertz CT molecular complexity index is 854. The number of nitrogens with two attached hydrogens (primary N) is 1. The van der Waals surface area contributed by atoms with Crippen molar-refractivity contribution in [2.24, 2.45) is 10.6 Å². The summed E-state index contributed by atoms with van der Waals surface area (Å²) < 4.78 is 46.8. The molecule has 0 bridgehead atoms. The van der Waals surface area contributed by atoms with Crippen LogP contribution in [0.3, 0.4) is 0 Å². The Hall–Kier alpha value is -3.03. The number of allylic oxidation sites excluding steroid dienone is 1. The lowest BCUT2D eigenvalue weighted by atomic mass is 9.42. The lowest BCUT2D eigenvalue weighted by molar-refractivity contribution is -0.114. The molecule has 0 aliphatic carbocycles. The molecule has 0 radical (unpaired) electrons. The van der Waals surface area contributed by atoms with E-state index in [1.807, 2.05) is 0 Å². The molecule has 0 saturated heterocycles. The van der Waals surface area contributed by atoms with Gasteiger partial charge < -0.3 is 15.3 Å². The molecule has 0 spiro atoms. The summed E-state index contributed by atoms with van der Waals surface area (Å²) >= 11 is 0. The summed E-state index contributed by atoms with van der Waals surface area (Å²) in [4.78, 5) is 15.7. The molecule has 0 fully saturated rings. The van der Waals surface area contributed by atoms with E-state index in [1.165, 1.54) is 0 Å². The number of ketones is 1. The topological polar surface area (TPSA) is 64.7 Å². The molecule has 0 unspecified atom stereocenters. The zero-order chi connectivity index (χ0) is 18.9. The number of halogens is 3. The van der Waals surface area contributed by atoms with Gasteiger partial charge in [-0.1, -0.05) is 60.7 Å². The van der Waals surface area contributed by atoms with Crippen LogP contribution in [0.4, 0.5) is 13.2 Å². The Labute approximate surface area is 148 Å². The number of Topliss-reactive ketones (excluding diaryl/α,β-unsaturated/α-hetero) is 1. The van der Waals surface area contributed by atoms with E-state index in [-0.39, 0.29) is 0 Å². The van der Waals surface area contributed by atoms with Crippen molar-refractivity contribution in [3.63, 3.8) is 0 Å². The van der Waals surface area contributed by atoms with Gasteiger partial charge in [0.25, 0.3) is 0 Å². The normalized spacial score (nSPS) is 16.7. The molecule has 4 nitrogen and oxygen atoms in total. The molecule has 3 rings (SSSR count). The maximum absolute atomic E-state index is 13.7. The Morgan fingerprint density at radius 3 is 1.85 bits per heavy atom. The van der Waals surface area contributed by atoms with Crippen LogP contribution in [0.15, 0.2) is 77.0 Å². The van der Waals surface area contributed by atoms with E-state index in [0.29, 0.717) is 10.9 Å². The number of benzene rings is 2. The van der Waals surface area contributed by atoms with Crippen molar-refractivity contribution in [1.82, 2.24) is 0 Å². The third-order valence-electron chi connectivity index (χ3n) is 4.21. The van der Waals surface area contributed by atoms with Crippen LogP contribution in [0.1, 0.15) is 6.92 Å². The van der Waals surface area contributed by atoms with E-state index in [9.17, 15) is 18.0 Å². The highest BCUT2D eigenvalue weighted by atomic mass is 19.4. The number of hydrogen-bond acceptors (Lipinski definition) is 4. The minimum absolute atomic E-state index is 0.422. The molecule has 0 atom stereocenters. The molecule has 0 aromatic heterocycles. The second-order valence-corrected chi connectivity index (χ2v) is 5.95. The molecule has 1 aliphatic rings. The fourth-order valence-corrected chi connectivity index (χ4v) is 3.09. The van der Waals surface area contributed by atoms with Crippen LogP contribution in [0, 0.1) is 0 Å². The van der Waals surface area contributed by atoms with Crippen LogP contribution >= 0.6 is 0 Å². The van der Waals surface area contributed by atoms with Gasteiger partial charge in [-0.15, -0.1) is 10.9 Å². The minimum Gasteiger partial charge on any atom is -0.676 e. The first-order valence-corrected chi connectivity index (χ1v) is 7.88. The first kappa shape index (κ1) is 17.8. The molecule has 1 heterocycles. The molecule has 26 heavy (non-hydrogen) atoms. The summed E-state index contributed by atoms with van der Waals surface area (Å²) in [6, 6.07) is 16.6. The second kappa shape index (κ2) is 6.36. The van der Waals surface area contributed by atoms with Crippen molar-refractivity contribution >= 4 is 28.9 Å². The Morgan fingerprint density at radius 2 is 1.46 bits per heavy atom. The van der Waals surface area contributed by atoms with Crippen molar-refractivity contribution in [2.45, 2.75) is 13.1 Å². The number of nitrogens with zero attached hydrogens (tertiary/aromatic N) is 1. The monoisotopic (exact) mass is 359 g/mol. The number of rotatable bonds is 3. The maximum atomic E-state index is 13.7. The molecular formula is C18H15BF3N2O2-. The average molecular weight is 359 g/mol. The van der Waals surface area contributed by atoms with Crippen molar-refractivity contribution in [2.75, 3.05) is 0 Å². The van der Waals surface area contributed by atoms with E-state index in [2.05, 4.69) is 4.90 Å². The van der Waals surface area contributed by atoms with Gasteiger partial charge in [0, 0.05) is 0 Å². The van der Waals surface area contributed by atoms with Crippen molar-refractivity contribution < 1.29 is 22.6 Å². The fraction of sp³-hybridized carbons (Fsp3) is 0.111. The maximum Gasteiger partial charge on any atom is 0.430 e. The van der Waals surface area contributed by atoms with Crippen LogP contribution in [-0.2, 0) is 9.45 Å². The number of alkyl halides is 3. The lowest BCUT2D eigenvalue weighted by Gasteiger charge is -2.44. The number of carbonyl (C=O) groups excluding carboxylic acids is 1. The highest BCUT2D eigenvalue weighted by Crippen LogP contribution is 2.30. The fourth-order valence-electron chi connectivity index (χ4n) is 3.09. The van der Waals surface area contributed by atoms with Crippen LogP contribution in [0.2, 0.25) is 0 Å². The SMILES string of the molecule is CC(=O)C1=C(N)O[B-](c2ccccc2)(c2ccccc2)N=C1C(F)(F)F. The van der Waals surface area contributed by atoms with Crippen molar-refractivity contribution in [1.29, 1.82) is 0 Å². The summed E-state index contributed by atoms with van der Waals surface area (Å²) in [5.41, 5.74) is 4.57. The van der Waals surface area contributed by atoms with Crippen molar-refractivity contribution in [3.05, 3.63) is 72.1 Å². The summed E-state index contributed by atoms with van der Waals surface area (Å²) in [5.74, 6) is -1.43. The predicted molar refractivity (Wildman–Crippen MR) is 94.4 cm³/mol. The molecule has 0 amide bonds. The van der Waals surface area contributed by atoms with Gasteiger partial charge in [0.05, 0.1) is 5.57 Å². The molecule has 134 valence electrons. The Kier molecular flexibility index (Phi) is 4.35. The largest absolute Gasteiger partial charge is 0.676 e. The van der Waals surface area contributed by atoms with E-state index in [1.54, 1.807) is 60.7 Å². The zero-order valence-electron chi connectivity index (χ0n) is 13.8. The molecule has 1 aliphatic heterocycles. The van der Waals surface area contributed by atoms with Crippen LogP contribution in [0.25, 0.3) is 0 Å². The summed E-state index contributed by atoms with van der Waals surface area (Å²) in [7, 11) is 0. The van der Waals surface area contributed by atoms with Gasteiger partial charge in [-0.3, -0.25) is 4.79 Å². The quantitative estimate of drug-likeness (QED) is 0.854. The molecule has 2 aromatic rings. The average Bonchev–Trinajstić information content (AvgIpc) is 2.61. The highest BCUT2D eigenvalue weighted by molar-refractivity contribution is 6.97. The van der Waals surface area contributed by atoms with E-state index < -0.39 is 35.6 Å². The number of carbonyl (C=O) groups is 1. The first-order valence-electron chi connectivity index (χ1n) is 7.88. The number of hydrogen-bond donors (Lipinski definition) is 1. The summed E-state index contributed by atoms with van der Waals surface area (Å²) in [5, 5.41) is 0. The van der Waals surface area contributed by atoms with E-state index >= 15 is 0 Å². The van der Waals surface area contributed by atoms with Gasteiger partial charge in [-0.2, -0.15) is 13.2 Å². The predicted octanol–water partition coefficient (Wildman–Crippen LogP) is 2.04. The van der Waals surface area contributed by atoms with Gasteiger partial charge in [0.15, 0.2) is 5.78 Å². The van der Waals surface area contributed by atoms with Crippen LogP contribution in [-0.4, -0.2) is 24.2 Å². The molecule has 2 N–H and O–H groups in total. The third-order valence-corrected chi connectivity index (χ3v) is 4.21. The van der Waals surface area contributed by atoms with E-state index in [0.717, 1.165) is 6.92 Å². The molecule has 8 heteroatoms. The molecule has 2 aromatic carbocycles. The van der Waals surface area contributed by atoms with Gasteiger partial charge >= 0.3 is 12.7 Å². The van der Waals surface area contributed by atoms with Gasteiger partial charge in [0.1, 0.15) is 11.6 Å². The van der Waals surface area contributed by atoms with Gasteiger partial charge in [-0.05, 0) is 6.92 Å². The zero-order valence-corrected chi connectivity index (χ0v) is 13.8. The molecular weight excluding hydrogens is 344 g/mol. The highest BCUT2D eigenvalue weighted by Gasteiger charge is 2.46. The standard InChI is InChI=1S/C18H15BF3N2O2/c1-12(25)15-16(18(20,21)22)24-19(26-17(15)23,13-8-4-2-5-9-13)14-10-6-3-7-11-14/h2-11H,23H2,1H3/q-1. The third kappa shape index (κ3) is 2.98. The van der Waals surface area contributed by atoms with Crippen LogP contribution < -0.4 is 16.7 Å². The smallest absolute Gasteiger partial charge is 0.430 e. The first-order chi connectivity index (χ1) is 12.3. The summed E-state index contributed by atoms with van der Waals surface area (Å²) in [6.45, 7) is -1.69.